The number of nitrogens with zero attached hydrogens (tertiary/aromatic N) is 2. The van der Waals surface area contributed by atoms with Crippen LogP contribution >= 0.6 is 0 Å². The topological polar surface area (TPSA) is 84.2 Å². The Morgan fingerprint density at radius 3 is 2.57 bits per heavy atom. The molecular weight excluding hydrogens is 328 g/mol. The summed E-state index contributed by atoms with van der Waals surface area (Å²) in [5.41, 5.74) is -2.06. The first-order valence-electron chi connectivity index (χ1n) is 6.70. The maximum atomic E-state index is 13.8. The van der Waals surface area contributed by atoms with Crippen LogP contribution in [0.5, 0.6) is 0 Å². The van der Waals surface area contributed by atoms with Crippen molar-refractivity contribution in [3.8, 4) is 0 Å². The Hall–Kier alpha value is -1.84. The van der Waals surface area contributed by atoms with E-state index >= 15 is 0 Å². The minimum Gasteiger partial charge on any atom is -0.384 e. The molecule has 1 atom stereocenters. The van der Waals surface area contributed by atoms with Gasteiger partial charge >= 0.3 is 0 Å². The average molecular weight is 345 g/mol. The van der Waals surface area contributed by atoms with Gasteiger partial charge in [0.15, 0.2) is 5.03 Å². The van der Waals surface area contributed by atoms with Gasteiger partial charge in [-0.1, -0.05) is 6.07 Å². The van der Waals surface area contributed by atoms with Crippen molar-refractivity contribution in [1.29, 1.82) is 0 Å². The quantitative estimate of drug-likeness (QED) is 0.853. The minimum atomic E-state index is -3.96. The van der Waals surface area contributed by atoms with Crippen LogP contribution in [0.25, 0.3) is 0 Å². The number of imidazole rings is 1. The molecule has 9 heteroatoms. The molecule has 0 saturated heterocycles. The normalized spacial score (nSPS) is 14.7. The molecule has 2 rings (SSSR count). The summed E-state index contributed by atoms with van der Waals surface area (Å²) in [6.07, 6.45) is 1.32. The van der Waals surface area contributed by atoms with Crippen LogP contribution < -0.4 is 4.72 Å². The Labute approximate surface area is 132 Å². The van der Waals surface area contributed by atoms with Crippen molar-refractivity contribution in [3.05, 3.63) is 47.4 Å². The Balaban J connectivity index is 2.21. The van der Waals surface area contributed by atoms with E-state index in [-0.39, 0.29) is 10.6 Å². The van der Waals surface area contributed by atoms with Gasteiger partial charge in [-0.2, -0.15) is 0 Å². The number of halogens is 2. The summed E-state index contributed by atoms with van der Waals surface area (Å²) in [6.45, 7) is 2.38. The van der Waals surface area contributed by atoms with Crippen molar-refractivity contribution in [2.24, 2.45) is 7.05 Å². The monoisotopic (exact) mass is 345 g/mol. The van der Waals surface area contributed by atoms with Crippen LogP contribution in [-0.4, -0.2) is 29.6 Å². The predicted octanol–water partition coefficient (Wildman–Crippen LogP) is 1.19. The zero-order valence-corrected chi connectivity index (χ0v) is 13.7. The number of aryl methyl sites for hydroxylation is 2. The van der Waals surface area contributed by atoms with Crippen LogP contribution in [-0.2, 0) is 22.7 Å². The summed E-state index contributed by atoms with van der Waals surface area (Å²) in [6, 6.07) is 2.69. The largest absolute Gasteiger partial charge is 0.384 e. The number of hydrogen-bond acceptors (Lipinski definition) is 4. The van der Waals surface area contributed by atoms with E-state index < -0.39 is 33.8 Å². The fourth-order valence-corrected chi connectivity index (χ4v) is 3.15. The van der Waals surface area contributed by atoms with Gasteiger partial charge in [-0.3, -0.25) is 0 Å². The van der Waals surface area contributed by atoms with E-state index in [4.69, 9.17) is 0 Å². The van der Waals surface area contributed by atoms with Gasteiger partial charge in [0.05, 0.1) is 0 Å². The SMILES string of the molecule is Cc1nc(S(=O)(=O)NC[C@](C)(O)c2ccc(F)cc2F)cn1C. The molecule has 0 aliphatic heterocycles. The van der Waals surface area contributed by atoms with E-state index in [0.29, 0.717) is 11.9 Å². The third-order valence-electron chi connectivity index (χ3n) is 3.48. The first-order chi connectivity index (χ1) is 10.5. The van der Waals surface area contributed by atoms with Crippen molar-refractivity contribution < 1.29 is 22.3 Å². The maximum Gasteiger partial charge on any atom is 0.259 e. The fourth-order valence-electron chi connectivity index (χ4n) is 1.99. The Bertz CT molecular complexity index is 812. The van der Waals surface area contributed by atoms with E-state index in [1.54, 1.807) is 14.0 Å². The van der Waals surface area contributed by atoms with Gasteiger partial charge in [-0.15, -0.1) is 0 Å². The summed E-state index contributed by atoms with van der Waals surface area (Å²) in [4.78, 5) is 3.89. The van der Waals surface area contributed by atoms with Gasteiger partial charge in [-0.25, -0.2) is 26.9 Å². The van der Waals surface area contributed by atoms with Crippen LogP contribution in [0.4, 0.5) is 8.78 Å². The standard InChI is InChI=1S/C14H17F2N3O3S/c1-9-18-13(7-19(9)3)23(21,22)17-8-14(2,20)11-5-4-10(15)6-12(11)16/h4-7,17,20H,8H2,1-3H3/t14-/m0/s1. The summed E-state index contributed by atoms with van der Waals surface area (Å²) in [7, 11) is -2.32. The Morgan fingerprint density at radius 1 is 1.39 bits per heavy atom. The summed E-state index contributed by atoms with van der Waals surface area (Å²) in [5, 5.41) is 10.1. The highest BCUT2D eigenvalue weighted by Crippen LogP contribution is 2.24. The van der Waals surface area contributed by atoms with Crippen LogP contribution in [0.2, 0.25) is 0 Å². The molecule has 1 heterocycles. The molecule has 0 aliphatic rings. The average Bonchev–Trinajstić information content (AvgIpc) is 2.77. The number of nitrogens with one attached hydrogen (secondary N) is 1. The molecule has 1 aromatic heterocycles. The van der Waals surface area contributed by atoms with Crippen LogP contribution in [0.1, 0.15) is 18.3 Å². The lowest BCUT2D eigenvalue weighted by atomic mass is 9.96. The molecule has 6 nitrogen and oxygen atoms in total. The molecule has 0 fully saturated rings. The predicted molar refractivity (Wildman–Crippen MR) is 79.1 cm³/mol. The number of hydrogen-bond donors (Lipinski definition) is 2. The van der Waals surface area contributed by atoms with Crippen molar-refractivity contribution >= 4 is 10.0 Å². The van der Waals surface area contributed by atoms with Crippen LogP contribution in [0.15, 0.2) is 29.4 Å². The van der Waals surface area contributed by atoms with Crippen molar-refractivity contribution in [3.63, 3.8) is 0 Å². The molecule has 2 aromatic rings. The van der Waals surface area contributed by atoms with Gasteiger partial charge in [0.1, 0.15) is 23.1 Å². The van der Waals surface area contributed by atoms with Crippen LogP contribution in [0.3, 0.4) is 0 Å². The van der Waals surface area contributed by atoms with Gasteiger partial charge in [0, 0.05) is 31.4 Å². The van der Waals surface area contributed by atoms with E-state index in [1.165, 1.54) is 17.7 Å². The number of rotatable bonds is 5. The second-order valence-corrected chi connectivity index (χ2v) is 7.17. The fraction of sp³-hybridized carbons (Fsp3) is 0.357. The van der Waals surface area contributed by atoms with E-state index in [1.807, 2.05) is 0 Å². The third kappa shape index (κ3) is 3.74. The lowest BCUT2D eigenvalue weighted by Gasteiger charge is -2.24. The molecule has 0 unspecified atom stereocenters. The molecule has 1 aromatic carbocycles. The van der Waals surface area contributed by atoms with Crippen molar-refractivity contribution in [1.82, 2.24) is 14.3 Å². The smallest absolute Gasteiger partial charge is 0.259 e. The number of benzene rings is 1. The van der Waals surface area contributed by atoms with Crippen molar-refractivity contribution in [2.45, 2.75) is 24.5 Å². The summed E-state index contributed by atoms with van der Waals surface area (Å²) >= 11 is 0. The molecule has 23 heavy (non-hydrogen) atoms. The third-order valence-corrected chi connectivity index (χ3v) is 4.75. The highest BCUT2D eigenvalue weighted by Gasteiger charge is 2.30. The van der Waals surface area contributed by atoms with Gasteiger partial charge in [0.2, 0.25) is 0 Å². The molecule has 0 amide bonds. The van der Waals surface area contributed by atoms with Gasteiger partial charge in [-0.05, 0) is 19.9 Å². The molecule has 2 N–H and O–H groups in total. The molecule has 126 valence electrons. The zero-order valence-electron chi connectivity index (χ0n) is 12.8. The number of aliphatic hydroxyl groups is 1. The minimum absolute atomic E-state index is 0.201. The molecular formula is C14H17F2N3O3S. The Morgan fingerprint density at radius 2 is 2.04 bits per heavy atom. The van der Waals surface area contributed by atoms with Gasteiger partial charge < -0.3 is 9.67 Å². The molecule has 0 saturated carbocycles. The lowest BCUT2D eigenvalue weighted by molar-refractivity contribution is 0.0588. The van der Waals surface area contributed by atoms with E-state index in [0.717, 1.165) is 12.1 Å². The highest BCUT2D eigenvalue weighted by atomic mass is 32.2. The van der Waals surface area contributed by atoms with E-state index in [9.17, 15) is 22.3 Å². The maximum absolute atomic E-state index is 13.8. The number of aromatic nitrogens is 2. The first-order valence-corrected chi connectivity index (χ1v) is 8.19. The summed E-state index contributed by atoms with van der Waals surface area (Å²) < 4.78 is 54.7. The number of sulfonamides is 1. The summed E-state index contributed by atoms with van der Waals surface area (Å²) in [5.74, 6) is -1.24. The molecule has 0 aliphatic carbocycles. The Kier molecular flexibility index (Phi) is 4.56. The molecule has 0 bridgehead atoms. The molecule has 0 radical (unpaired) electrons. The lowest BCUT2D eigenvalue weighted by Crippen LogP contribution is -2.39. The second-order valence-electron chi connectivity index (χ2n) is 5.46. The molecule has 0 spiro atoms. The van der Waals surface area contributed by atoms with Gasteiger partial charge in [0.25, 0.3) is 10.0 Å². The highest BCUT2D eigenvalue weighted by molar-refractivity contribution is 7.89. The second kappa shape index (κ2) is 5.99. The van der Waals surface area contributed by atoms with Crippen LogP contribution in [0, 0.1) is 18.6 Å². The first kappa shape index (κ1) is 17.5. The van der Waals surface area contributed by atoms with E-state index in [2.05, 4.69) is 9.71 Å². The zero-order chi connectivity index (χ0) is 17.4. The van der Waals surface area contributed by atoms with Crippen molar-refractivity contribution in [2.75, 3.05) is 6.54 Å².